The third-order valence-electron chi connectivity index (χ3n) is 3.00. The number of ether oxygens (including phenoxy) is 1. The van der Waals surface area contributed by atoms with Crippen molar-refractivity contribution in [3.63, 3.8) is 0 Å². The van der Waals surface area contributed by atoms with Crippen molar-refractivity contribution in [2.24, 2.45) is 5.10 Å². The first-order valence-corrected chi connectivity index (χ1v) is 6.69. The van der Waals surface area contributed by atoms with Crippen LogP contribution in [0.2, 0.25) is 0 Å². The lowest BCUT2D eigenvalue weighted by molar-refractivity contribution is -0.143. The van der Waals surface area contributed by atoms with Crippen LogP contribution in [0.1, 0.15) is 37.3 Å². The molecule has 0 spiro atoms. The van der Waals surface area contributed by atoms with Crippen LogP contribution < -0.4 is 5.43 Å². The van der Waals surface area contributed by atoms with Gasteiger partial charge in [-0.15, -0.1) is 0 Å². The minimum absolute atomic E-state index is 0.0224. The van der Waals surface area contributed by atoms with Crippen molar-refractivity contribution in [1.29, 1.82) is 5.41 Å². The van der Waals surface area contributed by atoms with E-state index in [0.717, 1.165) is 16.8 Å². The van der Waals surface area contributed by atoms with Crippen molar-refractivity contribution in [1.82, 2.24) is 5.43 Å². The zero-order valence-corrected chi connectivity index (χ0v) is 11.8. The Bertz CT molecular complexity index is 591. The van der Waals surface area contributed by atoms with E-state index in [-0.39, 0.29) is 24.6 Å². The summed E-state index contributed by atoms with van der Waals surface area (Å²) in [7, 11) is 0. The largest absolute Gasteiger partial charge is 0.461 e. The van der Waals surface area contributed by atoms with Gasteiger partial charge in [0, 0.05) is 18.6 Å². The van der Waals surface area contributed by atoms with Crippen molar-refractivity contribution >= 4 is 23.3 Å². The second-order valence-electron chi connectivity index (χ2n) is 4.91. The molecule has 1 aliphatic rings. The van der Waals surface area contributed by atoms with E-state index >= 15 is 0 Å². The molecule has 0 radical (unpaired) electrons. The van der Waals surface area contributed by atoms with Crippen LogP contribution in [0.5, 0.6) is 0 Å². The van der Waals surface area contributed by atoms with Gasteiger partial charge in [-0.1, -0.05) is 24.3 Å². The molecule has 6 heteroatoms. The van der Waals surface area contributed by atoms with Crippen LogP contribution in [-0.2, 0) is 20.9 Å². The molecule has 110 valence electrons. The number of rotatable bonds is 5. The molecule has 1 heterocycles. The first-order chi connectivity index (χ1) is 10.0. The number of nitrogens with zero attached hydrogens (tertiary/aromatic N) is 1. The lowest BCUT2D eigenvalue weighted by Gasteiger charge is -2.12. The van der Waals surface area contributed by atoms with Crippen LogP contribution in [0, 0.1) is 5.41 Å². The molecule has 2 N–H and O–H groups in total. The minimum atomic E-state index is -0.397. The fourth-order valence-corrected chi connectivity index (χ4v) is 1.91. The van der Waals surface area contributed by atoms with Crippen LogP contribution in [0.4, 0.5) is 0 Å². The summed E-state index contributed by atoms with van der Waals surface area (Å²) in [4.78, 5) is 22.4. The SMILES string of the molecule is CC(=N)CC(=O)OCc1ccc(C2=NNC(=O)CC2)cc1. The summed E-state index contributed by atoms with van der Waals surface area (Å²) in [6.07, 6.45) is 1.09. The zero-order chi connectivity index (χ0) is 15.2. The number of hydrogen-bond acceptors (Lipinski definition) is 5. The highest BCUT2D eigenvalue weighted by Crippen LogP contribution is 2.12. The quantitative estimate of drug-likeness (QED) is 0.638. The summed E-state index contributed by atoms with van der Waals surface area (Å²) < 4.78 is 5.07. The van der Waals surface area contributed by atoms with E-state index in [1.165, 1.54) is 0 Å². The van der Waals surface area contributed by atoms with Crippen LogP contribution in [-0.4, -0.2) is 23.3 Å². The molecule has 0 aliphatic carbocycles. The van der Waals surface area contributed by atoms with Gasteiger partial charge in [0.1, 0.15) is 6.61 Å². The first kappa shape index (κ1) is 14.9. The van der Waals surface area contributed by atoms with E-state index in [2.05, 4.69) is 10.5 Å². The summed E-state index contributed by atoms with van der Waals surface area (Å²) >= 11 is 0. The Morgan fingerprint density at radius 3 is 2.62 bits per heavy atom. The lowest BCUT2D eigenvalue weighted by Crippen LogP contribution is -2.25. The second kappa shape index (κ2) is 6.78. The molecule has 0 bridgehead atoms. The molecule has 0 saturated carbocycles. The Labute approximate surface area is 122 Å². The van der Waals surface area contributed by atoms with Gasteiger partial charge >= 0.3 is 5.97 Å². The van der Waals surface area contributed by atoms with E-state index in [1.54, 1.807) is 6.92 Å². The Morgan fingerprint density at radius 2 is 2.05 bits per heavy atom. The molecule has 0 aromatic heterocycles. The fraction of sp³-hybridized carbons (Fsp3) is 0.333. The van der Waals surface area contributed by atoms with Gasteiger partial charge in [0.2, 0.25) is 5.91 Å². The highest BCUT2D eigenvalue weighted by atomic mass is 16.5. The maximum atomic E-state index is 11.3. The molecular weight excluding hydrogens is 270 g/mol. The highest BCUT2D eigenvalue weighted by molar-refractivity contribution is 6.04. The van der Waals surface area contributed by atoms with Crippen LogP contribution in [0.3, 0.4) is 0 Å². The molecule has 21 heavy (non-hydrogen) atoms. The van der Waals surface area contributed by atoms with Gasteiger partial charge < -0.3 is 10.1 Å². The number of esters is 1. The number of benzene rings is 1. The second-order valence-corrected chi connectivity index (χ2v) is 4.91. The van der Waals surface area contributed by atoms with E-state index in [4.69, 9.17) is 10.1 Å². The van der Waals surface area contributed by atoms with Gasteiger partial charge in [0.25, 0.3) is 0 Å². The number of hydrogen-bond donors (Lipinski definition) is 2. The Kier molecular flexibility index (Phi) is 4.81. The molecule has 1 aliphatic heterocycles. The monoisotopic (exact) mass is 287 g/mol. The lowest BCUT2D eigenvalue weighted by atomic mass is 10.0. The van der Waals surface area contributed by atoms with E-state index in [9.17, 15) is 9.59 Å². The Balaban J connectivity index is 1.92. The van der Waals surface area contributed by atoms with E-state index < -0.39 is 5.97 Å². The van der Waals surface area contributed by atoms with E-state index in [0.29, 0.717) is 12.8 Å². The summed E-state index contributed by atoms with van der Waals surface area (Å²) in [5.41, 5.74) is 5.41. The Hall–Kier alpha value is -2.50. The van der Waals surface area contributed by atoms with E-state index in [1.807, 2.05) is 24.3 Å². The third-order valence-corrected chi connectivity index (χ3v) is 3.00. The fourth-order valence-electron chi connectivity index (χ4n) is 1.91. The predicted octanol–water partition coefficient (Wildman–Crippen LogP) is 1.77. The topological polar surface area (TPSA) is 91.6 Å². The van der Waals surface area contributed by atoms with Gasteiger partial charge in [-0.25, -0.2) is 5.43 Å². The molecule has 1 aromatic rings. The maximum absolute atomic E-state index is 11.3. The van der Waals surface area contributed by atoms with Gasteiger partial charge in [-0.3, -0.25) is 9.59 Å². The summed E-state index contributed by atoms with van der Waals surface area (Å²) in [6, 6.07) is 7.50. The van der Waals surface area contributed by atoms with Crippen molar-refractivity contribution in [2.75, 3.05) is 0 Å². The van der Waals surface area contributed by atoms with Gasteiger partial charge in [0.05, 0.1) is 12.1 Å². The van der Waals surface area contributed by atoms with Gasteiger partial charge in [-0.05, 0) is 18.1 Å². The summed E-state index contributed by atoms with van der Waals surface area (Å²) in [6.45, 7) is 1.76. The molecule has 2 rings (SSSR count). The number of carbonyl (C=O) groups excluding carboxylic acids is 2. The average molecular weight is 287 g/mol. The number of hydrazone groups is 1. The van der Waals surface area contributed by atoms with Gasteiger partial charge in [-0.2, -0.15) is 5.10 Å². The summed E-state index contributed by atoms with van der Waals surface area (Å²) in [5, 5.41) is 11.2. The molecule has 6 nitrogen and oxygen atoms in total. The summed E-state index contributed by atoms with van der Waals surface area (Å²) in [5.74, 6) is -0.463. The molecule has 0 atom stereocenters. The molecule has 0 saturated heterocycles. The molecule has 1 aromatic carbocycles. The Morgan fingerprint density at radius 1 is 1.33 bits per heavy atom. The normalized spacial score (nSPS) is 14.1. The standard InChI is InChI=1S/C15H17N3O3/c1-10(16)8-15(20)21-9-11-2-4-12(5-3-11)13-6-7-14(19)18-17-13/h2-5,16H,6-9H2,1H3,(H,18,19). The van der Waals surface area contributed by atoms with Crippen molar-refractivity contribution in [2.45, 2.75) is 32.8 Å². The maximum Gasteiger partial charge on any atom is 0.311 e. The number of nitrogens with one attached hydrogen (secondary N) is 2. The third kappa shape index (κ3) is 4.52. The molecular formula is C15H17N3O3. The molecule has 0 fully saturated rings. The van der Waals surface area contributed by atoms with Crippen molar-refractivity contribution in [3.05, 3.63) is 35.4 Å². The minimum Gasteiger partial charge on any atom is -0.461 e. The smallest absolute Gasteiger partial charge is 0.311 e. The molecule has 1 amide bonds. The van der Waals surface area contributed by atoms with Gasteiger partial charge in [0.15, 0.2) is 0 Å². The number of carbonyl (C=O) groups is 2. The van der Waals surface area contributed by atoms with Crippen molar-refractivity contribution < 1.29 is 14.3 Å². The van der Waals surface area contributed by atoms with Crippen LogP contribution in [0.15, 0.2) is 29.4 Å². The van der Waals surface area contributed by atoms with Crippen LogP contribution in [0.25, 0.3) is 0 Å². The average Bonchev–Trinajstić information content (AvgIpc) is 2.46. The van der Waals surface area contributed by atoms with Crippen molar-refractivity contribution in [3.8, 4) is 0 Å². The first-order valence-electron chi connectivity index (χ1n) is 6.69. The number of amides is 1. The molecule has 0 unspecified atom stereocenters. The highest BCUT2D eigenvalue weighted by Gasteiger charge is 2.13. The van der Waals surface area contributed by atoms with Crippen LogP contribution >= 0.6 is 0 Å². The zero-order valence-electron chi connectivity index (χ0n) is 11.8. The predicted molar refractivity (Wildman–Crippen MR) is 78.2 cm³/mol.